The maximum absolute atomic E-state index is 10.4. The predicted octanol–water partition coefficient (Wildman–Crippen LogP) is 3.30. The van der Waals surface area contributed by atoms with E-state index in [4.69, 9.17) is 9.47 Å². The first-order valence-corrected chi connectivity index (χ1v) is 7.07. The van der Waals surface area contributed by atoms with Crippen molar-refractivity contribution in [3.8, 4) is 5.75 Å². The molecule has 1 heterocycles. The first kappa shape index (κ1) is 14.4. The van der Waals surface area contributed by atoms with Crippen molar-refractivity contribution in [1.82, 2.24) is 0 Å². The molecule has 2 atom stereocenters. The van der Waals surface area contributed by atoms with Crippen molar-refractivity contribution in [3.63, 3.8) is 0 Å². The van der Waals surface area contributed by atoms with Gasteiger partial charge in [0.1, 0.15) is 5.75 Å². The largest absolute Gasteiger partial charge is 0.496 e. The highest BCUT2D eigenvalue weighted by Crippen LogP contribution is 2.33. The van der Waals surface area contributed by atoms with E-state index in [1.54, 1.807) is 7.11 Å². The van der Waals surface area contributed by atoms with Crippen LogP contribution in [0.3, 0.4) is 0 Å². The Balaban J connectivity index is 2.05. The molecule has 0 bridgehead atoms. The van der Waals surface area contributed by atoms with E-state index in [1.165, 1.54) is 5.56 Å². The summed E-state index contributed by atoms with van der Waals surface area (Å²) in [6.45, 7) is 4.96. The van der Waals surface area contributed by atoms with Crippen LogP contribution in [0.5, 0.6) is 5.75 Å². The second kappa shape index (κ2) is 6.40. The lowest BCUT2D eigenvalue weighted by molar-refractivity contribution is 0.0805. The number of hydrogen-bond donors (Lipinski definition) is 1. The SMILES string of the molecule is COc1c(C(O)CCC2CCCO2)ccc(C)c1C. The Morgan fingerprint density at radius 3 is 2.84 bits per heavy atom. The number of aliphatic hydroxyl groups excluding tert-OH is 1. The second-order valence-electron chi connectivity index (χ2n) is 5.36. The lowest BCUT2D eigenvalue weighted by atomic mass is 9.97. The Hall–Kier alpha value is -1.06. The minimum absolute atomic E-state index is 0.326. The van der Waals surface area contributed by atoms with Crippen LogP contribution in [0.2, 0.25) is 0 Å². The minimum Gasteiger partial charge on any atom is -0.496 e. The van der Waals surface area contributed by atoms with Gasteiger partial charge in [0.05, 0.1) is 19.3 Å². The summed E-state index contributed by atoms with van der Waals surface area (Å²) in [6, 6.07) is 4.02. The highest BCUT2D eigenvalue weighted by molar-refractivity contribution is 5.46. The van der Waals surface area contributed by atoms with E-state index in [-0.39, 0.29) is 0 Å². The van der Waals surface area contributed by atoms with Gasteiger partial charge in [0.25, 0.3) is 0 Å². The number of hydrogen-bond acceptors (Lipinski definition) is 3. The van der Waals surface area contributed by atoms with Crippen LogP contribution < -0.4 is 4.74 Å². The predicted molar refractivity (Wildman–Crippen MR) is 75.6 cm³/mol. The summed E-state index contributed by atoms with van der Waals surface area (Å²) < 4.78 is 11.1. The molecular formula is C16H24O3. The van der Waals surface area contributed by atoms with Crippen molar-refractivity contribution in [1.29, 1.82) is 0 Å². The van der Waals surface area contributed by atoms with Gasteiger partial charge in [-0.15, -0.1) is 0 Å². The molecule has 0 saturated carbocycles. The Morgan fingerprint density at radius 1 is 1.42 bits per heavy atom. The summed E-state index contributed by atoms with van der Waals surface area (Å²) in [5, 5.41) is 10.4. The fourth-order valence-electron chi connectivity index (χ4n) is 2.72. The molecule has 0 aliphatic carbocycles. The molecule has 0 aromatic heterocycles. The molecule has 3 heteroatoms. The third-order valence-corrected chi connectivity index (χ3v) is 4.06. The van der Waals surface area contributed by atoms with Crippen LogP contribution in [0, 0.1) is 13.8 Å². The molecule has 0 amide bonds. The number of methoxy groups -OCH3 is 1. The molecule has 0 radical (unpaired) electrons. The molecule has 1 aliphatic heterocycles. The first-order valence-electron chi connectivity index (χ1n) is 7.07. The van der Waals surface area contributed by atoms with Crippen molar-refractivity contribution in [3.05, 3.63) is 28.8 Å². The van der Waals surface area contributed by atoms with Crippen LogP contribution >= 0.6 is 0 Å². The summed E-state index contributed by atoms with van der Waals surface area (Å²) in [4.78, 5) is 0. The Bertz CT molecular complexity index is 422. The minimum atomic E-state index is -0.474. The Labute approximate surface area is 115 Å². The second-order valence-corrected chi connectivity index (χ2v) is 5.36. The molecule has 1 aromatic rings. The summed E-state index contributed by atoms with van der Waals surface area (Å²) in [5.74, 6) is 0.819. The molecule has 3 nitrogen and oxygen atoms in total. The highest BCUT2D eigenvalue weighted by Gasteiger charge is 2.20. The van der Waals surface area contributed by atoms with Crippen LogP contribution in [0.25, 0.3) is 0 Å². The molecule has 19 heavy (non-hydrogen) atoms. The van der Waals surface area contributed by atoms with E-state index in [2.05, 4.69) is 6.92 Å². The van der Waals surface area contributed by atoms with Crippen LogP contribution in [-0.4, -0.2) is 24.9 Å². The van der Waals surface area contributed by atoms with E-state index in [0.29, 0.717) is 6.10 Å². The average Bonchev–Trinajstić information content (AvgIpc) is 2.92. The van der Waals surface area contributed by atoms with E-state index in [0.717, 1.165) is 49.2 Å². The van der Waals surface area contributed by atoms with Crippen molar-refractivity contribution >= 4 is 0 Å². The molecule has 1 N–H and O–H groups in total. The monoisotopic (exact) mass is 264 g/mol. The summed E-state index contributed by atoms with van der Waals surface area (Å²) in [6.07, 6.45) is 3.76. The molecule has 0 spiro atoms. The van der Waals surface area contributed by atoms with Crippen molar-refractivity contribution in [2.75, 3.05) is 13.7 Å². The quantitative estimate of drug-likeness (QED) is 0.886. The zero-order chi connectivity index (χ0) is 13.8. The summed E-state index contributed by atoms with van der Waals surface area (Å²) >= 11 is 0. The smallest absolute Gasteiger partial charge is 0.127 e. The Kier molecular flexibility index (Phi) is 4.83. The van der Waals surface area contributed by atoms with Gasteiger partial charge in [-0.25, -0.2) is 0 Å². The maximum atomic E-state index is 10.4. The Morgan fingerprint density at radius 2 is 2.21 bits per heavy atom. The van der Waals surface area contributed by atoms with Gasteiger partial charge in [0, 0.05) is 12.2 Å². The van der Waals surface area contributed by atoms with E-state index in [1.807, 2.05) is 19.1 Å². The zero-order valence-electron chi connectivity index (χ0n) is 12.1. The van der Waals surface area contributed by atoms with Gasteiger partial charge in [0.2, 0.25) is 0 Å². The van der Waals surface area contributed by atoms with E-state index in [9.17, 15) is 5.11 Å². The van der Waals surface area contributed by atoms with Gasteiger partial charge in [-0.3, -0.25) is 0 Å². The first-order chi connectivity index (χ1) is 9.13. The van der Waals surface area contributed by atoms with Crippen LogP contribution in [0.4, 0.5) is 0 Å². The molecular weight excluding hydrogens is 240 g/mol. The number of ether oxygens (including phenoxy) is 2. The molecule has 1 aliphatic rings. The number of aryl methyl sites for hydroxylation is 1. The summed E-state index contributed by atoms with van der Waals surface area (Å²) in [7, 11) is 1.66. The van der Waals surface area contributed by atoms with Gasteiger partial charge in [0.15, 0.2) is 0 Å². The lowest BCUT2D eigenvalue weighted by Crippen LogP contribution is -2.09. The third kappa shape index (κ3) is 3.28. The normalized spacial score (nSPS) is 20.5. The van der Waals surface area contributed by atoms with Crippen LogP contribution in [0.15, 0.2) is 12.1 Å². The van der Waals surface area contributed by atoms with Gasteiger partial charge in [-0.1, -0.05) is 12.1 Å². The molecule has 1 aromatic carbocycles. The highest BCUT2D eigenvalue weighted by atomic mass is 16.5. The van der Waals surface area contributed by atoms with Crippen molar-refractivity contribution < 1.29 is 14.6 Å². The third-order valence-electron chi connectivity index (χ3n) is 4.06. The molecule has 2 unspecified atom stereocenters. The van der Waals surface area contributed by atoms with Crippen LogP contribution in [0.1, 0.15) is 48.5 Å². The van der Waals surface area contributed by atoms with Crippen molar-refractivity contribution in [2.45, 2.75) is 51.7 Å². The zero-order valence-corrected chi connectivity index (χ0v) is 12.1. The average molecular weight is 264 g/mol. The standard InChI is InChI=1S/C16H24O3/c1-11-6-8-14(16(18-3)12(11)2)15(17)9-7-13-5-4-10-19-13/h6,8,13,15,17H,4-5,7,9-10H2,1-3H3. The van der Waals surface area contributed by atoms with Gasteiger partial charge in [-0.2, -0.15) is 0 Å². The lowest BCUT2D eigenvalue weighted by Gasteiger charge is -2.19. The number of benzene rings is 1. The molecule has 106 valence electrons. The molecule has 1 fully saturated rings. The van der Waals surface area contributed by atoms with Gasteiger partial charge < -0.3 is 14.6 Å². The van der Waals surface area contributed by atoms with Gasteiger partial charge >= 0.3 is 0 Å². The number of rotatable bonds is 5. The van der Waals surface area contributed by atoms with Crippen molar-refractivity contribution in [2.24, 2.45) is 0 Å². The van der Waals surface area contributed by atoms with Crippen LogP contribution in [-0.2, 0) is 4.74 Å². The number of aliphatic hydroxyl groups is 1. The molecule has 2 rings (SSSR count). The fourth-order valence-corrected chi connectivity index (χ4v) is 2.72. The van der Waals surface area contributed by atoms with E-state index < -0.39 is 6.10 Å². The molecule has 1 saturated heterocycles. The van der Waals surface area contributed by atoms with E-state index >= 15 is 0 Å². The summed E-state index contributed by atoms with van der Waals surface area (Å²) in [5.41, 5.74) is 3.19. The fraction of sp³-hybridized carbons (Fsp3) is 0.625. The topological polar surface area (TPSA) is 38.7 Å². The maximum Gasteiger partial charge on any atom is 0.127 e. The van der Waals surface area contributed by atoms with Gasteiger partial charge in [-0.05, 0) is 50.7 Å².